The number of nitrogens with one attached hydrogen (secondary N) is 2. The van der Waals surface area contributed by atoms with Crippen LogP contribution < -0.4 is 20.4 Å². The minimum atomic E-state index is -4.75. The third-order valence-electron chi connectivity index (χ3n) is 12.2. The Morgan fingerprint density at radius 3 is 2.42 bits per heavy atom. The molecule has 18 heteroatoms. The summed E-state index contributed by atoms with van der Waals surface area (Å²) in [6.45, 7) is 13.1. The second-order valence-electron chi connectivity index (χ2n) is 16.5. The molecule has 3 saturated heterocycles. The summed E-state index contributed by atoms with van der Waals surface area (Å²) in [6, 6.07) is 10.9. The van der Waals surface area contributed by atoms with E-state index < -0.39 is 34.8 Å². The van der Waals surface area contributed by atoms with Crippen LogP contribution in [0.3, 0.4) is 0 Å². The standard InChI is InChI=1S/C41H51F3N10O4S/c1-25-23-50(24-26(2)51(25)18-16-46-33-8-6-7-31-35(33)49(5)48-36(31)52-17-15-34(55)47-38(52)57)19-20-58-30-13-11-28(12-14-30)54-39(59)53(37(56)40(54,3)4)29-10-9-27(22-45)32(21-29)41(42,43)44/h6-10,21,25-26,28,30,46H,11-20,23-24H2,1-5H3,(H,47,55,57)/t25-,26+,28-,30-. The Kier molecular flexibility index (Phi) is 12.0. The van der Waals surface area contributed by atoms with Gasteiger partial charge in [0.05, 0.1) is 46.8 Å². The summed E-state index contributed by atoms with van der Waals surface area (Å²) in [5, 5.41) is 20.9. The molecular formula is C41H51F3N10O4S. The summed E-state index contributed by atoms with van der Waals surface area (Å²) in [7, 11) is 1.85. The number of urea groups is 1. The number of carbonyl (C=O) groups excluding carboxylic acids is 3. The molecule has 4 amide bonds. The topological polar surface area (TPSA) is 142 Å². The number of imide groups is 1. The molecule has 3 aliphatic heterocycles. The van der Waals surface area contributed by atoms with E-state index in [0.717, 1.165) is 87.1 Å². The van der Waals surface area contributed by atoms with Crippen molar-refractivity contribution in [3.05, 3.63) is 47.5 Å². The molecule has 0 radical (unpaired) electrons. The summed E-state index contributed by atoms with van der Waals surface area (Å²) in [4.78, 5) is 47.4. The molecule has 0 spiro atoms. The van der Waals surface area contributed by atoms with Gasteiger partial charge in [-0.1, -0.05) is 6.07 Å². The van der Waals surface area contributed by atoms with Crippen LogP contribution >= 0.6 is 12.2 Å². The smallest absolute Gasteiger partial charge is 0.382 e. The molecule has 2 atom stereocenters. The highest BCUT2D eigenvalue weighted by molar-refractivity contribution is 7.80. The SMILES string of the molecule is C[C@@H]1CN(CCO[C@H]2CC[C@H](N3C(=S)N(c4ccc(C#N)c(C(F)(F)F)c4)C(=O)C3(C)C)CC2)C[C@H](C)N1CCNc1cccc2c(N3CCC(=O)NC3=O)nn(C)c12. The maximum Gasteiger partial charge on any atom is 0.417 e. The Hall–Kier alpha value is -4.83. The summed E-state index contributed by atoms with van der Waals surface area (Å²) >= 11 is 5.76. The van der Waals surface area contributed by atoms with Crippen molar-refractivity contribution in [2.24, 2.45) is 7.05 Å². The molecule has 0 unspecified atom stereocenters. The zero-order chi connectivity index (χ0) is 42.4. The van der Waals surface area contributed by atoms with Crippen LogP contribution in [0, 0.1) is 11.3 Å². The molecule has 3 aromatic rings. The van der Waals surface area contributed by atoms with Crippen LogP contribution in [0.25, 0.3) is 10.9 Å². The number of hydrogen-bond donors (Lipinski definition) is 2. The van der Waals surface area contributed by atoms with Gasteiger partial charge in [0.1, 0.15) is 5.54 Å². The minimum Gasteiger partial charge on any atom is -0.382 e. The highest BCUT2D eigenvalue weighted by Crippen LogP contribution is 2.41. The number of fused-ring (bicyclic) bond motifs is 1. The van der Waals surface area contributed by atoms with Gasteiger partial charge in [-0.25, -0.2) is 4.79 Å². The van der Waals surface area contributed by atoms with E-state index in [9.17, 15) is 32.8 Å². The Balaban J connectivity index is 0.869. The zero-order valence-electron chi connectivity index (χ0n) is 34.0. The van der Waals surface area contributed by atoms with Crippen molar-refractivity contribution in [2.45, 2.75) is 95.7 Å². The largest absolute Gasteiger partial charge is 0.417 e. The average Bonchev–Trinajstić information content (AvgIpc) is 3.60. The molecule has 2 N–H and O–H groups in total. The number of nitrogens with zero attached hydrogens (tertiary/aromatic N) is 8. The first-order chi connectivity index (χ1) is 28.0. The number of piperazine rings is 1. The number of hydrogen-bond acceptors (Lipinski definition) is 10. The van der Waals surface area contributed by atoms with Crippen molar-refractivity contribution in [3.63, 3.8) is 0 Å². The van der Waals surface area contributed by atoms with Gasteiger partial charge in [0.2, 0.25) is 5.91 Å². The van der Waals surface area contributed by atoms with Crippen molar-refractivity contribution < 1.29 is 32.3 Å². The first-order valence-corrected chi connectivity index (χ1v) is 20.6. The Bertz CT molecular complexity index is 2150. The van der Waals surface area contributed by atoms with E-state index in [4.69, 9.17) is 17.0 Å². The van der Waals surface area contributed by atoms with E-state index in [0.29, 0.717) is 24.5 Å². The lowest BCUT2D eigenvalue weighted by Crippen LogP contribution is -2.58. The number of halogens is 3. The molecule has 59 heavy (non-hydrogen) atoms. The maximum absolute atomic E-state index is 13.8. The summed E-state index contributed by atoms with van der Waals surface area (Å²) in [6.07, 6.45) is -1.45. The first kappa shape index (κ1) is 42.3. The van der Waals surface area contributed by atoms with E-state index in [-0.39, 0.29) is 41.8 Å². The number of anilines is 3. The second kappa shape index (κ2) is 16.7. The van der Waals surface area contributed by atoms with Crippen molar-refractivity contribution in [3.8, 4) is 6.07 Å². The van der Waals surface area contributed by atoms with Gasteiger partial charge in [-0.3, -0.25) is 39.2 Å². The van der Waals surface area contributed by atoms with Gasteiger partial charge in [0.15, 0.2) is 10.9 Å². The van der Waals surface area contributed by atoms with E-state index in [2.05, 4.69) is 39.4 Å². The van der Waals surface area contributed by atoms with Crippen molar-refractivity contribution in [1.29, 1.82) is 5.26 Å². The number of rotatable bonds is 11. The Morgan fingerprint density at radius 2 is 1.76 bits per heavy atom. The molecule has 1 saturated carbocycles. The number of carbonyl (C=O) groups is 3. The Morgan fingerprint density at radius 1 is 1.05 bits per heavy atom. The molecule has 4 fully saturated rings. The van der Waals surface area contributed by atoms with Gasteiger partial charge in [0, 0.05) is 76.2 Å². The highest BCUT2D eigenvalue weighted by Gasteiger charge is 2.52. The molecule has 7 rings (SSSR count). The molecule has 4 heterocycles. The normalized spacial score (nSPS) is 24.6. The van der Waals surface area contributed by atoms with E-state index in [1.807, 2.05) is 30.1 Å². The number of benzene rings is 2. The fourth-order valence-corrected chi connectivity index (χ4v) is 9.87. The number of aromatic nitrogens is 2. The molecule has 316 valence electrons. The van der Waals surface area contributed by atoms with Crippen LogP contribution in [0.15, 0.2) is 36.4 Å². The third-order valence-corrected chi connectivity index (χ3v) is 12.6. The van der Waals surface area contributed by atoms with Crippen molar-refractivity contribution in [2.75, 3.05) is 61.0 Å². The highest BCUT2D eigenvalue weighted by atomic mass is 32.1. The number of aryl methyl sites for hydroxylation is 1. The van der Waals surface area contributed by atoms with Gasteiger partial charge in [0.25, 0.3) is 5.91 Å². The fraction of sp³-hybridized carbons (Fsp3) is 0.561. The van der Waals surface area contributed by atoms with Crippen molar-refractivity contribution in [1.82, 2.24) is 29.8 Å². The van der Waals surface area contributed by atoms with Crippen LogP contribution in [0.1, 0.15) is 70.9 Å². The zero-order valence-corrected chi connectivity index (χ0v) is 34.8. The van der Waals surface area contributed by atoms with E-state index in [1.165, 1.54) is 15.9 Å². The van der Waals surface area contributed by atoms with Gasteiger partial charge < -0.3 is 15.0 Å². The van der Waals surface area contributed by atoms with Crippen LogP contribution in [-0.2, 0) is 27.5 Å². The van der Waals surface area contributed by atoms with Crippen molar-refractivity contribution >= 4 is 63.3 Å². The maximum atomic E-state index is 13.8. The molecule has 14 nitrogen and oxygen atoms in total. The van der Waals surface area contributed by atoms with Gasteiger partial charge in [-0.05, 0) is 95.9 Å². The number of nitriles is 1. The van der Waals surface area contributed by atoms with E-state index >= 15 is 0 Å². The number of ether oxygens (including phenoxy) is 1. The van der Waals surface area contributed by atoms with Gasteiger partial charge in [-0.2, -0.15) is 23.5 Å². The van der Waals surface area contributed by atoms with Crippen LogP contribution in [0.2, 0.25) is 0 Å². The van der Waals surface area contributed by atoms with Crippen LogP contribution in [0.5, 0.6) is 0 Å². The number of thiocarbonyl (C=S) groups is 1. The monoisotopic (exact) mass is 836 g/mol. The minimum absolute atomic E-state index is 0.000726. The quantitative estimate of drug-likeness (QED) is 0.238. The fourth-order valence-electron chi connectivity index (χ4n) is 9.31. The first-order valence-electron chi connectivity index (χ1n) is 20.2. The summed E-state index contributed by atoms with van der Waals surface area (Å²) in [5.74, 6) is -0.154. The second-order valence-corrected chi connectivity index (χ2v) is 16.9. The Labute approximate surface area is 347 Å². The third kappa shape index (κ3) is 8.34. The molecular weight excluding hydrogens is 786 g/mol. The van der Waals surface area contributed by atoms with Crippen LogP contribution in [-0.4, -0.2) is 123 Å². The predicted octanol–water partition coefficient (Wildman–Crippen LogP) is 5.46. The molecule has 1 aromatic heterocycles. The predicted molar refractivity (Wildman–Crippen MR) is 221 cm³/mol. The van der Waals surface area contributed by atoms with Gasteiger partial charge >= 0.3 is 12.2 Å². The molecule has 1 aliphatic carbocycles. The molecule has 4 aliphatic rings. The van der Waals surface area contributed by atoms with Gasteiger partial charge in [-0.15, -0.1) is 0 Å². The number of alkyl halides is 3. The lowest BCUT2D eigenvalue weighted by Gasteiger charge is -2.44. The average molecular weight is 837 g/mol. The summed E-state index contributed by atoms with van der Waals surface area (Å²) in [5.41, 5.74) is -0.841. The van der Waals surface area contributed by atoms with Crippen LogP contribution in [0.4, 0.5) is 35.2 Å². The molecule has 2 aromatic carbocycles. The van der Waals surface area contributed by atoms with E-state index in [1.54, 1.807) is 24.6 Å². The number of para-hydroxylation sites is 1. The lowest BCUT2D eigenvalue weighted by atomic mass is 9.89. The molecule has 0 bridgehead atoms. The number of amides is 4. The summed E-state index contributed by atoms with van der Waals surface area (Å²) < 4.78 is 49.4. The lowest BCUT2D eigenvalue weighted by molar-refractivity contribution is -0.137.